The van der Waals surface area contributed by atoms with Crippen LogP contribution in [0.5, 0.6) is 0 Å². The Kier molecular flexibility index (Phi) is 5.05. The zero-order valence-corrected chi connectivity index (χ0v) is 12.2. The molecule has 1 aromatic heterocycles. The average molecular weight is 288 g/mol. The molecule has 6 nitrogen and oxygen atoms in total. The topological polar surface area (TPSA) is 80.0 Å². The van der Waals surface area contributed by atoms with E-state index < -0.39 is 0 Å². The first-order valence-electron chi connectivity index (χ1n) is 6.98. The third-order valence-electron chi connectivity index (χ3n) is 3.11. The van der Waals surface area contributed by atoms with Gasteiger partial charge in [0.1, 0.15) is 0 Å². The monoisotopic (exact) mass is 288 g/mol. The van der Waals surface area contributed by atoms with Crippen molar-refractivity contribution in [1.29, 1.82) is 0 Å². The van der Waals surface area contributed by atoms with Gasteiger partial charge in [-0.25, -0.2) is 4.68 Å². The number of rotatable bonds is 6. The van der Waals surface area contributed by atoms with Crippen LogP contribution in [0.25, 0.3) is 5.69 Å². The summed E-state index contributed by atoms with van der Waals surface area (Å²) in [6.45, 7) is 4.05. The minimum atomic E-state index is -0.229. The lowest BCUT2D eigenvalue weighted by Gasteiger charge is -2.18. The molecule has 2 aromatic rings. The van der Waals surface area contributed by atoms with E-state index in [1.165, 1.54) is 0 Å². The second kappa shape index (κ2) is 6.99. The molecule has 0 radical (unpaired) electrons. The Labute approximate surface area is 123 Å². The Morgan fingerprint density at radius 3 is 2.86 bits per heavy atom. The fraction of sp³-hybridized carbons (Fsp3) is 0.400. The number of hydrogen-bond donors (Lipinski definition) is 2. The van der Waals surface area contributed by atoms with Crippen molar-refractivity contribution in [1.82, 2.24) is 20.3 Å². The summed E-state index contributed by atoms with van der Waals surface area (Å²) in [5, 5.41) is 19.8. The first-order chi connectivity index (χ1) is 10.1. The van der Waals surface area contributed by atoms with Gasteiger partial charge in [0, 0.05) is 5.56 Å². The molecule has 2 rings (SSSR count). The molecular weight excluding hydrogens is 268 g/mol. The highest BCUT2D eigenvalue weighted by atomic mass is 16.3. The van der Waals surface area contributed by atoms with Gasteiger partial charge in [0.25, 0.3) is 5.91 Å². The molecule has 0 spiro atoms. The highest BCUT2D eigenvalue weighted by Crippen LogP contribution is 2.10. The van der Waals surface area contributed by atoms with Gasteiger partial charge in [-0.1, -0.05) is 25.1 Å². The first-order valence-corrected chi connectivity index (χ1v) is 6.98. The van der Waals surface area contributed by atoms with E-state index in [1.807, 2.05) is 6.07 Å². The SMILES string of the molecule is CC(C)C[C@H](CO)NC(=O)c1cccc(-n2ccnn2)c1. The number of aromatic nitrogens is 3. The van der Waals surface area contributed by atoms with Gasteiger partial charge in [0.2, 0.25) is 0 Å². The molecule has 6 heteroatoms. The molecule has 1 amide bonds. The molecule has 0 aliphatic carbocycles. The lowest BCUT2D eigenvalue weighted by Crippen LogP contribution is -2.38. The Bertz CT molecular complexity index is 581. The molecule has 21 heavy (non-hydrogen) atoms. The van der Waals surface area contributed by atoms with Crippen LogP contribution in [0.3, 0.4) is 0 Å². The maximum absolute atomic E-state index is 12.2. The summed E-state index contributed by atoms with van der Waals surface area (Å²) in [4.78, 5) is 12.2. The molecule has 0 saturated heterocycles. The second-order valence-electron chi connectivity index (χ2n) is 5.38. The molecule has 2 N–H and O–H groups in total. The van der Waals surface area contributed by atoms with Crippen molar-refractivity contribution in [3.63, 3.8) is 0 Å². The summed E-state index contributed by atoms with van der Waals surface area (Å²) in [6, 6.07) is 6.89. The number of hydrogen-bond acceptors (Lipinski definition) is 4. The van der Waals surface area contributed by atoms with Crippen LogP contribution in [-0.4, -0.2) is 38.7 Å². The summed E-state index contributed by atoms with van der Waals surface area (Å²) in [5.41, 5.74) is 1.30. The molecule has 0 aliphatic rings. The smallest absolute Gasteiger partial charge is 0.251 e. The number of carbonyl (C=O) groups is 1. The predicted molar refractivity (Wildman–Crippen MR) is 79.2 cm³/mol. The van der Waals surface area contributed by atoms with Crippen LogP contribution < -0.4 is 5.32 Å². The largest absolute Gasteiger partial charge is 0.394 e. The first kappa shape index (κ1) is 15.2. The van der Waals surface area contributed by atoms with Gasteiger partial charge >= 0.3 is 0 Å². The molecule has 0 aliphatic heterocycles. The minimum Gasteiger partial charge on any atom is -0.394 e. The van der Waals surface area contributed by atoms with Gasteiger partial charge in [-0.3, -0.25) is 4.79 Å². The third-order valence-corrected chi connectivity index (χ3v) is 3.11. The van der Waals surface area contributed by atoms with E-state index in [0.717, 1.165) is 12.1 Å². The second-order valence-corrected chi connectivity index (χ2v) is 5.38. The Morgan fingerprint density at radius 1 is 1.43 bits per heavy atom. The van der Waals surface area contributed by atoms with Crippen LogP contribution in [0.4, 0.5) is 0 Å². The lowest BCUT2D eigenvalue weighted by atomic mass is 10.0. The number of aliphatic hydroxyl groups is 1. The number of nitrogens with one attached hydrogen (secondary N) is 1. The molecular formula is C15H20N4O2. The Balaban J connectivity index is 2.10. The van der Waals surface area contributed by atoms with E-state index >= 15 is 0 Å². The van der Waals surface area contributed by atoms with E-state index in [-0.39, 0.29) is 18.6 Å². The summed E-state index contributed by atoms with van der Waals surface area (Å²) in [7, 11) is 0. The standard InChI is InChI=1S/C15H20N4O2/c1-11(2)8-13(10-20)17-15(21)12-4-3-5-14(9-12)19-7-6-16-18-19/h3-7,9,11,13,20H,8,10H2,1-2H3,(H,17,21)/t13-/m1/s1. The summed E-state index contributed by atoms with van der Waals surface area (Å²) >= 11 is 0. The molecule has 112 valence electrons. The number of aliphatic hydroxyl groups excluding tert-OH is 1. The number of carbonyl (C=O) groups excluding carboxylic acids is 1. The molecule has 1 aromatic carbocycles. The van der Waals surface area contributed by atoms with E-state index in [1.54, 1.807) is 35.3 Å². The van der Waals surface area contributed by atoms with Crippen LogP contribution in [0, 0.1) is 5.92 Å². The third kappa shape index (κ3) is 4.13. The molecule has 1 atom stereocenters. The van der Waals surface area contributed by atoms with Gasteiger partial charge < -0.3 is 10.4 Å². The summed E-state index contributed by atoms with van der Waals surface area (Å²) in [6.07, 6.45) is 4.04. The van der Waals surface area contributed by atoms with E-state index in [2.05, 4.69) is 29.5 Å². The molecule has 1 heterocycles. The van der Waals surface area contributed by atoms with Gasteiger partial charge in [0.15, 0.2) is 0 Å². The van der Waals surface area contributed by atoms with Crippen molar-refractivity contribution in [3.05, 3.63) is 42.2 Å². The average Bonchev–Trinajstić information content (AvgIpc) is 3.00. The number of amides is 1. The van der Waals surface area contributed by atoms with E-state index in [9.17, 15) is 9.90 Å². The van der Waals surface area contributed by atoms with Gasteiger partial charge in [-0.2, -0.15) is 0 Å². The summed E-state index contributed by atoms with van der Waals surface area (Å²) in [5.74, 6) is 0.209. The van der Waals surface area contributed by atoms with Gasteiger partial charge in [0.05, 0.1) is 30.7 Å². The maximum atomic E-state index is 12.2. The molecule has 0 unspecified atom stereocenters. The van der Waals surface area contributed by atoms with Gasteiger partial charge in [-0.15, -0.1) is 5.10 Å². The number of benzene rings is 1. The molecule has 0 bridgehead atoms. The summed E-state index contributed by atoms with van der Waals surface area (Å²) < 4.78 is 1.59. The zero-order valence-electron chi connectivity index (χ0n) is 12.2. The van der Waals surface area contributed by atoms with Crippen molar-refractivity contribution in [2.75, 3.05) is 6.61 Å². The quantitative estimate of drug-likeness (QED) is 0.842. The minimum absolute atomic E-state index is 0.0628. The lowest BCUT2D eigenvalue weighted by molar-refractivity contribution is 0.0908. The van der Waals surface area contributed by atoms with Crippen LogP contribution in [0.2, 0.25) is 0 Å². The fourth-order valence-corrected chi connectivity index (χ4v) is 2.15. The van der Waals surface area contributed by atoms with E-state index in [0.29, 0.717) is 11.5 Å². The Hall–Kier alpha value is -2.21. The predicted octanol–water partition coefficient (Wildman–Crippen LogP) is 1.40. The van der Waals surface area contributed by atoms with Crippen molar-refractivity contribution in [2.24, 2.45) is 5.92 Å². The van der Waals surface area contributed by atoms with Crippen LogP contribution in [0.1, 0.15) is 30.6 Å². The van der Waals surface area contributed by atoms with Gasteiger partial charge in [-0.05, 0) is 30.5 Å². The zero-order chi connectivity index (χ0) is 15.2. The molecule has 0 fully saturated rings. The van der Waals surface area contributed by atoms with Crippen molar-refractivity contribution >= 4 is 5.91 Å². The van der Waals surface area contributed by atoms with Crippen LogP contribution in [0.15, 0.2) is 36.7 Å². The highest BCUT2D eigenvalue weighted by Gasteiger charge is 2.14. The van der Waals surface area contributed by atoms with Crippen molar-refractivity contribution in [3.8, 4) is 5.69 Å². The van der Waals surface area contributed by atoms with Crippen molar-refractivity contribution in [2.45, 2.75) is 26.3 Å². The van der Waals surface area contributed by atoms with Crippen LogP contribution >= 0.6 is 0 Å². The molecule has 0 saturated carbocycles. The normalized spacial score (nSPS) is 12.4. The number of nitrogens with zero attached hydrogens (tertiary/aromatic N) is 3. The van der Waals surface area contributed by atoms with Crippen molar-refractivity contribution < 1.29 is 9.90 Å². The highest BCUT2D eigenvalue weighted by molar-refractivity contribution is 5.94. The Morgan fingerprint density at radius 2 is 2.24 bits per heavy atom. The fourth-order valence-electron chi connectivity index (χ4n) is 2.15. The van der Waals surface area contributed by atoms with E-state index in [4.69, 9.17) is 0 Å². The van der Waals surface area contributed by atoms with Crippen LogP contribution in [-0.2, 0) is 0 Å². The maximum Gasteiger partial charge on any atom is 0.251 e.